The van der Waals surface area contributed by atoms with Gasteiger partial charge in [0.2, 0.25) is 10.0 Å². The van der Waals surface area contributed by atoms with Crippen LogP contribution in [0.25, 0.3) is 11.3 Å². The van der Waals surface area contributed by atoms with Gasteiger partial charge in [-0.3, -0.25) is 0 Å². The molecule has 0 spiro atoms. The smallest absolute Gasteiger partial charge is 0.240 e. The maximum Gasteiger partial charge on any atom is 0.240 e. The van der Waals surface area contributed by atoms with E-state index in [0.29, 0.717) is 24.0 Å². The number of benzene rings is 1. The molecule has 3 rings (SSSR count). The van der Waals surface area contributed by atoms with Gasteiger partial charge in [-0.2, -0.15) is 0 Å². The number of aromatic nitrogens is 1. The molecule has 1 aromatic carbocycles. The lowest BCUT2D eigenvalue weighted by Crippen LogP contribution is -2.33. The maximum absolute atomic E-state index is 12.4. The average Bonchev–Trinajstić information content (AvgIpc) is 3.02. The predicted octanol–water partition coefficient (Wildman–Crippen LogP) is 2.74. The average molecular weight is 386 g/mol. The molecule has 1 aliphatic heterocycles. The summed E-state index contributed by atoms with van der Waals surface area (Å²) in [4.78, 5) is 4.51. The second kappa shape index (κ2) is 8.80. The van der Waals surface area contributed by atoms with Crippen LogP contribution in [-0.4, -0.2) is 33.0 Å². The Labute approximate surface area is 154 Å². The molecule has 1 fully saturated rings. The SMILES string of the molecule is Cc1nc(-c2ccc(S(=O)(=O)NCCC3CCCNC3)cc2)co1.Cl. The molecular formula is C17H24ClN3O3S. The van der Waals surface area contributed by atoms with Crippen LogP contribution in [0, 0.1) is 12.8 Å². The summed E-state index contributed by atoms with van der Waals surface area (Å²) < 4.78 is 32.6. The highest BCUT2D eigenvalue weighted by Crippen LogP contribution is 2.21. The monoisotopic (exact) mass is 385 g/mol. The Balaban J connectivity index is 0.00000225. The summed E-state index contributed by atoms with van der Waals surface area (Å²) in [5.74, 6) is 1.14. The third kappa shape index (κ3) is 5.28. The van der Waals surface area contributed by atoms with Crippen LogP contribution in [-0.2, 0) is 10.0 Å². The molecular weight excluding hydrogens is 362 g/mol. The van der Waals surface area contributed by atoms with E-state index in [1.165, 1.54) is 12.8 Å². The number of halogens is 1. The molecule has 8 heteroatoms. The standard InChI is InChI=1S/C17H23N3O3S.ClH/c1-13-20-17(12-23-13)15-4-6-16(7-5-15)24(21,22)19-10-8-14-3-2-9-18-11-14;/h4-7,12,14,18-19H,2-3,8-11H2,1H3;1H. The highest BCUT2D eigenvalue weighted by Gasteiger charge is 2.17. The molecule has 1 aromatic heterocycles. The number of oxazole rings is 1. The minimum absolute atomic E-state index is 0. The van der Waals surface area contributed by atoms with Crippen molar-refractivity contribution < 1.29 is 12.8 Å². The van der Waals surface area contributed by atoms with Gasteiger partial charge in [-0.25, -0.2) is 18.1 Å². The van der Waals surface area contributed by atoms with Crippen LogP contribution < -0.4 is 10.0 Å². The van der Waals surface area contributed by atoms with Crippen molar-refractivity contribution in [1.82, 2.24) is 15.0 Å². The molecule has 0 radical (unpaired) electrons. The highest BCUT2D eigenvalue weighted by atomic mass is 35.5. The zero-order chi connectivity index (χ0) is 17.0. The Kier molecular flexibility index (Phi) is 7.01. The summed E-state index contributed by atoms with van der Waals surface area (Å²) in [6.45, 7) is 4.29. The number of aryl methyl sites for hydroxylation is 1. The van der Waals surface area contributed by atoms with Crippen LogP contribution in [0.4, 0.5) is 0 Å². The molecule has 138 valence electrons. The van der Waals surface area contributed by atoms with Crippen molar-refractivity contribution in [2.45, 2.75) is 31.1 Å². The lowest BCUT2D eigenvalue weighted by molar-refractivity contribution is 0.358. The summed E-state index contributed by atoms with van der Waals surface area (Å²) in [7, 11) is -3.47. The summed E-state index contributed by atoms with van der Waals surface area (Å²) in [5, 5.41) is 3.35. The van der Waals surface area contributed by atoms with E-state index in [9.17, 15) is 8.42 Å². The minimum Gasteiger partial charge on any atom is -0.449 e. The molecule has 1 atom stereocenters. The highest BCUT2D eigenvalue weighted by molar-refractivity contribution is 7.89. The molecule has 2 heterocycles. The summed E-state index contributed by atoms with van der Waals surface area (Å²) in [6.07, 6.45) is 4.76. The zero-order valence-corrected chi connectivity index (χ0v) is 15.8. The van der Waals surface area contributed by atoms with Gasteiger partial charge in [0.1, 0.15) is 12.0 Å². The molecule has 0 saturated carbocycles. The van der Waals surface area contributed by atoms with E-state index in [2.05, 4.69) is 15.0 Å². The van der Waals surface area contributed by atoms with Gasteiger partial charge < -0.3 is 9.73 Å². The fourth-order valence-electron chi connectivity index (χ4n) is 2.95. The van der Waals surface area contributed by atoms with Gasteiger partial charge in [-0.1, -0.05) is 12.1 Å². The zero-order valence-electron chi connectivity index (χ0n) is 14.2. The van der Waals surface area contributed by atoms with E-state index in [4.69, 9.17) is 4.42 Å². The Hall–Kier alpha value is -1.41. The first-order chi connectivity index (χ1) is 11.5. The van der Waals surface area contributed by atoms with Crippen LogP contribution >= 0.6 is 12.4 Å². The number of hydrogen-bond acceptors (Lipinski definition) is 5. The van der Waals surface area contributed by atoms with E-state index < -0.39 is 10.0 Å². The van der Waals surface area contributed by atoms with Crippen molar-refractivity contribution in [2.75, 3.05) is 19.6 Å². The number of nitrogens with one attached hydrogen (secondary N) is 2. The van der Waals surface area contributed by atoms with Crippen molar-refractivity contribution in [3.8, 4) is 11.3 Å². The van der Waals surface area contributed by atoms with Gasteiger partial charge in [0.15, 0.2) is 5.89 Å². The Morgan fingerprint density at radius 2 is 2.08 bits per heavy atom. The molecule has 25 heavy (non-hydrogen) atoms. The van der Waals surface area contributed by atoms with Gasteiger partial charge in [0.25, 0.3) is 0 Å². The first kappa shape index (κ1) is 19.9. The van der Waals surface area contributed by atoms with Crippen molar-refractivity contribution in [3.63, 3.8) is 0 Å². The molecule has 1 aliphatic rings. The molecule has 0 amide bonds. The van der Waals surface area contributed by atoms with E-state index in [1.54, 1.807) is 37.5 Å². The Bertz CT molecular complexity index is 769. The van der Waals surface area contributed by atoms with Gasteiger partial charge in [-0.05, 0) is 50.4 Å². The fraction of sp³-hybridized carbons (Fsp3) is 0.471. The van der Waals surface area contributed by atoms with Crippen LogP contribution in [0.15, 0.2) is 39.8 Å². The largest absolute Gasteiger partial charge is 0.449 e. The molecule has 1 saturated heterocycles. The molecule has 0 aliphatic carbocycles. The molecule has 0 bridgehead atoms. The third-order valence-corrected chi connectivity index (χ3v) is 5.80. The summed E-state index contributed by atoms with van der Waals surface area (Å²) in [5.41, 5.74) is 1.54. The quantitative estimate of drug-likeness (QED) is 0.798. The normalized spacial score (nSPS) is 17.9. The first-order valence-corrected chi connectivity index (χ1v) is 9.76. The summed E-state index contributed by atoms with van der Waals surface area (Å²) in [6, 6.07) is 6.70. The first-order valence-electron chi connectivity index (χ1n) is 8.27. The van der Waals surface area contributed by atoms with E-state index in [1.807, 2.05) is 0 Å². The van der Waals surface area contributed by atoms with Gasteiger partial charge in [0, 0.05) is 19.0 Å². The fourth-order valence-corrected chi connectivity index (χ4v) is 4.00. The van der Waals surface area contributed by atoms with Crippen molar-refractivity contribution in [3.05, 3.63) is 36.4 Å². The molecule has 1 unspecified atom stereocenters. The molecule has 2 aromatic rings. The second-order valence-electron chi connectivity index (χ2n) is 6.17. The van der Waals surface area contributed by atoms with E-state index in [0.717, 1.165) is 25.1 Å². The molecule has 2 N–H and O–H groups in total. The third-order valence-electron chi connectivity index (χ3n) is 4.32. The van der Waals surface area contributed by atoms with Crippen molar-refractivity contribution in [1.29, 1.82) is 0 Å². The number of nitrogens with zero attached hydrogens (tertiary/aromatic N) is 1. The van der Waals surface area contributed by atoms with Crippen molar-refractivity contribution in [2.24, 2.45) is 5.92 Å². The van der Waals surface area contributed by atoms with Crippen molar-refractivity contribution >= 4 is 22.4 Å². The van der Waals surface area contributed by atoms with Crippen LogP contribution in [0.1, 0.15) is 25.2 Å². The van der Waals surface area contributed by atoms with Gasteiger partial charge in [-0.15, -0.1) is 12.4 Å². The van der Waals surface area contributed by atoms with Crippen LogP contribution in [0.3, 0.4) is 0 Å². The van der Waals surface area contributed by atoms with Crippen LogP contribution in [0.2, 0.25) is 0 Å². The number of rotatable bonds is 6. The Morgan fingerprint density at radius 3 is 2.68 bits per heavy atom. The second-order valence-corrected chi connectivity index (χ2v) is 7.94. The van der Waals surface area contributed by atoms with Gasteiger partial charge in [0.05, 0.1) is 4.90 Å². The Morgan fingerprint density at radius 1 is 1.32 bits per heavy atom. The minimum atomic E-state index is -3.47. The molecule has 6 nitrogen and oxygen atoms in total. The maximum atomic E-state index is 12.4. The lowest BCUT2D eigenvalue weighted by atomic mass is 9.96. The van der Waals surface area contributed by atoms with E-state index >= 15 is 0 Å². The summed E-state index contributed by atoms with van der Waals surface area (Å²) >= 11 is 0. The number of piperidine rings is 1. The number of hydrogen-bond donors (Lipinski definition) is 2. The predicted molar refractivity (Wildman–Crippen MR) is 99.3 cm³/mol. The van der Waals surface area contributed by atoms with E-state index in [-0.39, 0.29) is 17.3 Å². The van der Waals surface area contributed by atoms with Crippen LogP contribution in [0.5, 0.6) is 0 Å². The van der Waals surface area contributed by atoms with Gasteiger partial charge >= 0.3 is 0 Å². The number of sulfonamides is 1. The lowest BCUT2D eigenvalue weighted by Gasteiger charge is -2.22. The topological polar surface area (TPSA) is 84.2 Å².